The van der Waals surface area contributed by atoms with Gasteiger partial charge in [0.1, 0.15) is 10.3 Å². The van der Waals surface area contributed by atoms with Gasteiger partial charge in [0.05, 0.1) is 0 Å². The van der Waals surface area contributed by atoms with Crippen LogP contribution in [0.5, 0.6) is 0 Å². The first-order valence-corrected chi connectivity index (χ1v) is 13.4. The Morgan fingerprint density at radius 3 is 2.44 bits per heavy atom. The summed E-state index contributed by atoms with van der Waals surface area (Å²) < 4.78 is 21.3. The van der Waals surface area contributed by atoms with Crippen LogP contribution in [0, 0.1) is 18.3 Å². The zero-order valence-corrected chi connectivity index (χ0v) is 22.0. The monoisotopic (exact) mass is 461 g/mol. The van der Waals surface area contributed by atoms with Gasteiger partial charge in [0.2, 0.25) is 0 Å². The average Bonchev–Trinajstić information content (AvgIpc) is 2.95. The van der Waals surface area contributed by atoms with E-state index in [9.17, 15) is 9.35 Å². The predicted molar refractivity (Wildman–Crippen MR) is 133 cm³/mol. The van der Waals surface area contributed by atoms with Gasteiger partial charge in [-0.05, 0) is 109 Å². The van der Waals surface area contributed by atoms with Crippen LogP contribution in [-0.4, -0.2) is 27.4 Å². The number of carbonyl (C=O) groups is 1. The van der Waals surface area contributed by atoms with Gasteiger partial charge in [-0.3, -0.25) is 4.79 Å². The van der Waals surface area contributed by atoms with Gasteiger partial charge in [-0.2, -0.15) is 0 Å². The Morgan fingerprint density at radius 1 is 1.19 bits per heavy atom. The van der Waals surface area contributed by atoms with E-state index in [2.05, 4.69) is 29.8 Å². The van der Waals surface area contributed by atoms with Gasteiger partial charge in [0, 0.05) is 30.2 Å². The molecule has 32 heavy (non-hydrogen) atoms. The molecule has 5 heteroatoms. The lowest BCUT2D eigenvalue weighted by Gasteiger charge is -2.42. The van der Waals surface area contributed by atoms with Crippen LogP contribution in [0.3, 0.4) is 0 Å². The van der Waals surface area contributed by atoms with E-state index in [1.54, 1.807) is 0 Å². The van der Waals surface area contributed by atoms with Gasteiger partial charge in [-0.25, -0.2) is 0 Å². The Balaban J connectivity index is 1.65. The zero-order valence-electron chi connectivity index (χ0n) is 21.2. The number of fused-ring (bicyclic) bond motifs is 1. The fourth-order valence-corrected chi connectivity index (χ4v) is 6.29. The van der Waals surface area contributed by atoms with Crippen LogP contribution in [-0.2, 0) is 27.3 Å². The molecule has 1 saturated carbocycles. The van der Waals surface area contributed by atoms with E-state index in [0.29, 0.717) is 18.3 Å². The summed E-state index contributed by atoms with van der Waals surface area (Å²) in [5, 5.41) is 0. The molecular formula is C27H43NO3S. The van der Waals surface area contributed by atoms with Crippen molar-refractivity contribution < 1.29 is 14.1 Å². The molecule has 1 aromatic carbocycles. The summed E-state index contributed by atoms with van der Waals surface area (Å²) in [5.41, 5.74) is 4.08. The predicted octanol–water partition coefficient (Wildman–Crippen LogP) is 5.99. The summed E-state index contributed by atoms with van der Waals surface area (Å²) >= 11 is -1.06. The highest BCUT2D eigenvalue weighted by molar-refractivity contribution is 7.90. The molecule has 2 aliphatic rings. The van der Waals surface area contributed by atoms with Crippen molar-refractivity contribution in [1.82, 2.24) is 4.72 Å². The van der Waals surface area contributed by atoms with Crippen molar-refractivity contribution >= 4 is 17.3 Å². The van der Waals surface area contributed by atoms with Gasteiger partial charge in [-0.15, -0.1) is 4.72 Å². The van der Waals surface area contributed by atoms with Crippen molar-refractivity contribution in [2.45, 2.75) is 110 Å². The minimum Gasteiger partial charge on any atom is -0.598 e. The van der Waals surface area contributed by atoms with Crippen molar-refractivity contribution in [1.29, 1.82) is 0 Å². The van der Waals surface area contributed by atoms with Crippen LogP contribution in [0.25, 0.3) is 0 Å². The van der Waals surface area contributed by atoms with E-state index in [1.165, 1.54) is 29.5 Å². The Bertz CT molecular complexity index is 800. The lowest BCUT2D eigenvalue weighted by atomic mass is 9.63. The first-order valence-electron chi connectivity index (χ1n) is 12.3. The van der Waals surface area contributed by atoms with Crippen LogP contribution in [0.2, 0.25) is 0 Å². The number of ether oxygens (including phenoxy) is 1. The second kappa shape index (κ2) is 9.68. The summed E-state index contributed by atoms with van der Waals surface area (Å²) in [7, 11) is 0. The molecule has 1 aromatic rings. The first kappa shape index (κ1) is 25.6. The molecule has 2 atom stereocenters. The van der Waals surface area contributed by atoms with Crippen molar-refractivity contribution in [3.8, 4) is 0 Å². The third-order valence-electron chi connectivity index (χ3n) is 7.21. The fourth-order valence-electron chi connectivity index (χ4n) is 5.54. The summed E-state index contributed by atoms with van der Waals surface area (Å²) in [6.45, 7) is 14.8. The maximum absolute atomic E-state index is 12.7. The number of aryl methyl sites for hydroxylation is 1. The van der Waals surface area contributed by atoms with Gasteiger partial charge < -0.3 is 9.29 Å². The lowest BCUT2D eigenvalue weighted by molar-refractivity contribution is -0.155. The summed E-state index contributed by atoms with van der Waals surface area (Å²) in [5.74, 6) is 0.917. The number of hydrogen-bond donors (Lipinski definition) is 1. The van der Waals surface area contributed by atoms with Gasteiger partial charge in [-0.1, -0.05) is 23.8 Å². The van der Waals surface area contributed by atoms with E-state index in [4.69, 9.17) is 4.74 Å². The van der Waals surface area contributed by atoms with E-state index >= 15 is 0 Å². The van der Waals surface area contributed by atoms with E-state index in [-0.39, 0.29) is 16.1 Å². The molecule has 0 bridgehead atoms. The fraction of sp³-hybridized carbons (Fsp3) is 0.741. The minimum atomic E-state index is -1.06. The second-order valence-corrected chi connectivity index (χ2v) is 14.1. The van der Waals surface area contributed by atoms with E-state index in [1.807, 2.05) is 41.5 Å². The molecule has 0 saturated heterocycles. The topological polar surface area (TPSA) is 61.4 Å². The van der Waals surface area contributed by atoms with Crippen molar-refractivity contribution in [3.63, 3.8) is 0 Å². The largest absolute Gasteiger partial charge is 0.598 e. The summed E-state index contributed by atoms with van der Waals surface area (Å²) in [6.07, 6.45) is 7.24. The van der Waals surface area contributed by atoms with E-state index < -0.39 is 17.0 Å². The van der Waals surface area contributed by atoms with Crippen LogP contribution < -0.4 is 4.72 Å². The molecule has 0 amide bonds. The van der Waals surface area contributed by atoms with Crippen molar-refractivity contribution in [3.05, 3.63) is 34.9 Å². The average molecular weight is 462 g/mol. The zero-order chi connectivity index (χ0) is 23.7. The Kier molecular flexibility index (Phi) is 7.73. The van der Waals surface area contributed by atoms with Gasteiger partial charge in [0.25, 0.3) is 0 Å². The Labute approximate surface area is 198 Å². The molecule has 1 unspecified atom stereocenters. The van der Waals surface area contributed by atoms with Gasteiger partial charge >= 0.3 is 5.97 Å². The third-order valence-corrected chi connectivity index (χ3v) is 8.75. The van der Waals surface area contributed by atoms with Crippen LogP contribution in [0.4, 0.5) is 0 Å². The molecule has 0 heterocycles. The molecular weight excluding hydrogens is 418 g/mol. The van der Waals surface area contributed by atoms with Gasteiger partial charge in [0.15, 0.2) is 0 Å². The molecule has 0 radical (unpaired) electrons. The molecule has 4 nitrogen and oxygen atoms in total. The molecule has 1 N–H and O–H groups in total. The maximum Gasteiger partial charge on any atom is 0.306 e. The highest BCUT2D eigenvalue weighted by Crippen LogP contribution is 2.56. The Hall–Kier alpha value is -1.04. The first-order chi connectivity index (χ1) is 14.8. The Morgan fingerprint density at radius 2 is 1.84 bits per heavy atom. The normalized spacial score (nSPS) is 26.8. The van der Waals surface area contributed by atoms with Crippen molar-refractivity contribution in [2.24, 2.45) is 11.3 Å². The molecule has 1 fully saturated rings. The third kappa shape index (κ3) is 6.30. The standard InChI is InChI=1S/C27H43NO3S/c1-19-8-10-22-21(16-19)17-27(23(22)18-28-32(30)26(5,6)7)14-12-20(13-15-27)9-11-24(29)31-25(2,3)4/h8,10,16,20,23,28H,9,11-15,17-18H2,1-7H3/t20?,23-,27?,32?/m0/s1. The number of hydrogen-bond acceptors (Lipinski definition) is 4. The summed E-state index contributed by atoms with van der Waals surface area (Å²) in [6, 6.07) is 6.88. The molecule has 0 aliphatic heterocycles. The lowest BCUT2D eigenvalue weighted by Crippen LogP contribution is -2.44. The van der Waals surface area contributed by atoms with Crippen LogP contribution >= 0.6 is 0 Å². The molecule has 0 aromatic heterocycles. The van der Waals surface area contributed by atoms with Crippen LogP contribution in [0.1, 0.15) is 103 Å². The highest BCUT2D eigenvalue weighted by atomic mass is 32.2. The molecule has 2 aliphatic carbocycles. The second-order valence-electron chi connectivity index (χ2n) is 12.1. The highest BCUT2D eigenvalue weighted by Gasteiger charge is 2.48. The number of rotatable bonds is 6. The molecule has 180 valence electrons. The molecule has 1 spiro atoms. The summed E-state index contributed by atoms with van der Waals surface area (Å²) in [4.78, 5) is 12.2. The maximum atomic E-state index is 12.7. The van der Waals surface area contributed by atoms with Crippen molar-refractivity contribution in [2.75, 3.05) is 6.54 Å². The number of carbonyl (C=O) groups excluding carboxylic acids is 1. The van der Waals surface area contributed by atoms with Crippen LogP contribution in [0.15, 0.2) is 18.2 Å². The quantitative estimate of drug-likeness (QED) is 0.418. The SMILES string of the molecule is Cc1ccc2c(c1)CC1(CCC(CCC(=O)OC(C)(C)C)CC1)[C@H]2CN[S+]([O-])C(C)(C)C. The number of nitrogens with one attached hydrogen (secondary N) is 1. The van der Waals surface area contributed by atoms with E-state index in [0.717, 1.165) is 32.2 Å². The number of esters is 1. The smallest absolute Gasteiger partial charge is 0.306 e. The minimum absolute atomic E-state index is 0.0757. The number of benzene rings is 1. The molecule has 3 rings (SSSR count).